The Morgan fingerprint density at radius 3 is 2.96 bits per heavy atom. The van der Waals surface area contributed by atoms with Gasteiger partial charge in [0.25, 0.3) is 0 Å². The van der Waals surface area contributed by atoms with Crippen molar-refractivity contribution in [1.82, 2.24) is 29.7 Å². The van der Waals surface area contributed by atoms with E-state index in [0.717, 1.165) is 41.7 Å². The molecule has 5 rings (SSSR count). The Morgan fingerprint density at radius 2 is 2.04 bits per heavy atom. The van der Waals surface area contributed by atoms with Gasteiger partial charge < -0.3 is 4.90 Å². The highest BCUT2D eigenvalue weighted by molar-refractivity contribution is 5.66. The molecule has 0 amide bonds. The minimum Gasteiger partial charge on any atom is -0.344 e. The number of anilines is 1. The fourth-order valence-corrected chi connectivity index (χ4v) is 3.50. The molecule has 0 bridgehead atoms. The van der Waals surface area contributed by atoms with Crippen molar-refractivity contribution in [1.29, 1.82) is 0 Å². The second kappa shape index (κ2) is 4.84. The van der Waals surface area contributed by atoms with Crippen LogP contribution in [-0.4, -0.2) is 36.3 Å². The van der Waals surface area contributed by atoms with Crippen molar-refractivity contribution < 1.29 is 0 Å². The van der Waals surface area contributed by atoms with Crippen LogP contribution in [0.5, 0.6) is 0 Å². The molecular formula is C16H15N7. The fourth-order valence-electron chi connectivity index (χ4n) is 3.50. The molecule has 5 heterocycles. The molecule has 7 nitrogen and oxygen atoms in total. The van der Waals surface area contributed by atoms with Gasteiger partial charge in [0.2, 0.25) is 0 Å². The van der Waals surface area contributed by atoms with E-state index < -0.39 is 0 Å². The van der Waals surface area contributed by atoms with Crippen LogP contribution in [0, 0.1) is 0 Å². The molecule has 0 saturated carbocycles. The summed E-state index contributed by atoms with van der Waals surface area (Å²) in [6.07, 6.45) is 10.6. The van der Waals surface area contributed by atoms with E-state index in [4.69, 9.17) is 4.98 Å². The minimum absolute atomic E-state index is 0.263. The lowest BCUT2D eigenvalue weighted by Gasteiger charge is -2.40. The van der Waals surface area contributed by atoms with Crippen LogP contribution in [0.15, 0.2) is 37.1 Å². The van der Waals surface area contributed by atoms with Crippen LogP contribution in [0.3, 0.4) is 0 Å². The number of rotatable bonds is 1. The van der Waals surface area contributed by atoms with Gasteiger partial charge in [-0.1, -0.05) is 0 Å². The van der Waals surface area contributed by atoms with Crippen molar-refractivity contribution in [3.8, 4) is 17.1 Å². The van der Waals surface area contributed by atoms with Crippen LogP contribution >= 0.6 is 0 Å². The zero-order valence-electron chi connectivity index (χ0n) is 12.5. The standard InChI is InChI=1S/C16H15N7/c1-2-8-22-12(3-1)16-21-19-10-23(16)13-9-18-14(20-15(13)22)11-4-6-17-7-5-11/h4-7,9-10,12H,1-3,8H2/t12-/m1/s1. The molecule has 23 heavy (non-hydrogen) atoms. The number of fused-ring (bicyclic) bond motifs is 6. The van der Waals surface area contributed by atoms with Crippen LogP contribution in [0.25, 0.3) is 17.1 Å². The largest absolute Gasteiger partial charge is 0.344 e. The van der Waals surface area contributed by atoms with E-state index in [1.807, 2.05) is 22.9 Å². The zero-order valence-corrected chi connectivity index (χ0v) is 12.5. The maximum absolute atomic E-state index is 4.86. The normalized spacial score (nSPS) is 19.0. The Morgan fingerprint density at radius 1 is 1.13 bits per heavy atom. The minimum atomic E-state index is 0.263. The average molecular weight is 305 g/mol. The zero-order chi connectivity index (χ0) is 15.2. The number of nitrogens with zero attached hydrogens (tertiary/aromatic N) is 7. The second-order valence-electron chi connectivity index (χ2n) is 5.90. The molecular weight excluding hydrogens is 290 g/mol. The third kappa shape index (κ3) is 1.86. The summed E-state index contributed by atoms with van der Waals surface area (Å²) >= 11 is 0. The second-order valence-corrected chi connectivity index (χ2v) is 5.90. The summed E-state index contributed by atoms with van der Waals surface area (Å²) in [6, 6.07) is 4.13. The lowest BCUT2D eigenvalue weighted by Crippen LogP contribution is -2.39. The van der Waals surface area contributed by atoms with E-state index in [1.54, 1.807) is 18.7 Å². The first kappa shape index (κ1) is 12.7. The molecule has 0 aliphatic carbocycles. The SMILES string of the molecule is c1cc(-c2ncc3c(n2)N2CCCC[C@@H]2c2nncn2-3)ccn1. The van der Waals surface area contributed by atoms with Gasteiger partial charge in [-0.2, -0.15) is 0 Å². The third-order valence-electron chi connectivity index (χ3n) is 4.60. The Bertz CT molecular complexity index is 858. The van der Waals surface area contributed by atoms with E-state index in [0.29, 0.717) is 0 Å². The highest BCUT2D eigenvalue weighted by Gasteiger charge is 2.35. The Labute approximate surface area is 133 Å². The molecule has 3 aromatic heterocycles. The first-order chi connectivity index (χ1) is 11.4. The maximum atomic E-state index is 4.86. The number of hydrogen-bond donors (Lipinski definition) is 0. The monoisotopic (exact) mass is 305 g/mol. The van der Waals surface area contributed by atoms with Gasteiger partial charge in [0.1, 0.15) is 12.0 Å². The number of piperidine rings is 1. The van der Waals surface area contributed by atoms with Gasteiger partial charge in [-0.25, -0.2) is 9.97 Å². The van der Waals surface area contributed by atoms with Crippen LogP contribution < -0.4 is 4.90 Å². The number of aromatic nitrogens is 6. The van der Waals surface area contributed by atoms with Crippen molar-refractivity contribution in [3.63, 3.8) is 0 Å². The molecule has 0 aromatic carbocycles. The van der Waals surface area contributed by atoms with Crippen molar-refractivity contribution in [2.75, 3.05) is 11.4 Å². The quantitative estimate of drug-likeness (QED) is 0.686. The Balaban J connectivity index is 1.70. The van der Waals surface area contributed by atoms with Gasteiger partial charge in [0.05, 0.1) is 12.2 Å². The van der Waals surface area contributed by atoms with Crippen molar-refractivity contribution >= 4 is 5.82 Å². The van der Waals surface area contributed by atoms with Crippen LogP contribution in [0.1, 0.15) is 31.1 Å². The Kier molecular flexibility index (Phi) is 2.67. The van der Waals surface area contributed by atoms with E-state index >= 15 is 0 Å². The average Bonchev–Trinajstić information content (AvgIpc) is 3.12. The predicted octanol–water partition coefficient (Wildman–Crippen LogP) is 2.16. The smallest absolute Gasteiger partial charge is 0.161 e. The van der Waals surface area contributed by atoms with Gasteiger partial charge in [-0.05, 0) is 31.4 Å². The number of hydrogen-bond acceptors (Lipinski definition) is 6. The lowest BCUT2D eigenvalue weighted by atomic mass is 9.99. The molecule has 1 atom stereocenters. The molecule has 2 aliphatic rings. The molecule has 0 radical (unpaired) electrons. The summed E-state index contributed by atoms with van der Waals surface area (Å²) in [7, 11) is 0. The molecule has 2 aliphatic heterocycles. The van der Waals surface area contributed by atoms with Gasteiger partial charge in [0, 0.05) is 24.5 Å². The first-order valence-corrected chi connectivity index (χ1v) is 7.86. The summed E-state index contributed by atoms with van der Waals surface area (Å²) in [5.74, 6) is 2.70. The summed E-state index contributed by atoms with van der Waals surface area (Å²) in [5, 5.41) is 8.42. The van der Waals surface area contributed by atoms with Crippen molar-refractivity contribution in [2.24, 2.45) is 0 Å². The Hall–Kier alpha value is -2.83. The van der Waals surface area contributed by atoms with E-state index in [9.17, 15) is 0 Å². The van der Waals surface area contributed by atoms with Gasteiger partial charge >= 0.3 is 0 Å². The molecule has 0 unspecified atom stereocenters. The number of pyridine rings is 1. The summed E-state index contributed by atoms with van der Waals surface area (Å²) in [5.41, 5.74) is 1.94. The molecule has 0 N–H and O–H groups in total. The van der Waals surface area contributed by atoms with E-state index in [2.05, 4.69) is 25.1 Å². The third-order valence-corrected chi connectivity index (χ3v) is 4.60. The maximum Gasteiger partial charge on any atom is 0.161 e. The molecule has 7 heteroatoms. The summed E-state index contributed by atoms with van der Waals surface area (Å²) in [6.45, 7) is 0.997. The first-order valence-electron chi connectivity index (χ1n) is 7.86. The van der Waals surface area contributed by atoms with Crippen molar-refractivity contribution in [3.05, 3.63) is 42.9 Å². The van der Waals surface area contributed by atoms with E-state index in [1.165, 1.54) is 12.8 Å². The fraction of sp³-hybridized carbons (Fsp3) is 0.312. The van der Waals surface area contributed by atoms with Crippen molar-refractivity contribution in [2.45, 2.75) is 25.3 Å². The molecule has 114 valence electrons. The molecule has 3 aromatic rings. The van der Waals surface area contributed by atoms with Gasteiger partial charge in [0.15, 0.2) is 17.5 Å². The van der Waals surface area contributed by atoms with E-state index in [-0.39, 0.29) is 6.04 Å². The summed E-state index contributed by atoms with van der Waals surface area (Å²) < 4.78 is 2.03. The topological polar surface area (TPSA) is 72.6 Å². The van der Waals surface area contributed by atoms with Gasteiger partial charge in [-0.15, -0.1) is 10.2 Å². The molecule has 1 fully saturated rings. The lowest BCUT2D eigenvalue weighted by molar-refractivity contribution is 0.437. The van der Waals surface area contributed by atoms with Crippen LogP contribution in [0.2, 0.25) is 0 Å². The molecule has 1 saturated heterocycles. The van der Waals surface area contributed by atoms with Gasteiger partial charge in [-0.3, -0.25) is 9.55 Å². The summed E-state index contributed by atoms with van der Waals surface area (Å²) in [4.78, 5) is 15.8. The highest BCUT2D eigenvalue weighted by atomic mass is 15.4. The molecule has 0 spiro atoms. The predicted molar refractivity (Wildman–Crippen MR) is 84.1 cm³/mol. The highest BCUT2D eigenvalue weighted by Crippen LogP contribution is 2.41. The van der Waals surface area contributed by atoms with Crippen LogP contribution in [0.4, 0.5) is 5.82 Å². The van der Waals surface area contributed by atoms with Crippen LogP contribution in [-0.2, 0) is 0 Å².